The smallest absolute Gasteiger partial charge is 0.340 e. The SMILES string of the molecule is CC(OC(=O)c1ccccc1SC1CCS(=O)(=O)C1)C(=O)Nc1ccc(N(C)C)cc1. The van der Waals surface area contributed by atoms with Crippen LogP contribution in [0.15, 0.2) is 53.4 Å². The van der Waals surface area contributed by atoms with E-state index in [0.29, 0.717) is 22.6 Å². The predicted molar refractivity (Wildman–Crippen MR) is 124 cm³/mol. The summed E-state index contributed by atoms with van der Waals surface area (Å²) in [5.41, 5.74) is 1.94. The molecule has 2 aromatic carbocycles. The Labute approximate surface area is 187 Å². The van der Waals surface area contributed by atoms with E-state index in [4.69, 9.17) is 4.74 Å². The fourth-order valence-corrected chi connectivity index (χ4v) is 6.75. The van der Waals surface area contributed by atoms with Gasteiger partial charge in [-0.15, -0.1) is 11.8 Å². The zero-order valence-electron chi connectivity index (χ0n) is 17.7. The van der Waals surface area contributed by atoms with Crippen LogP contribution >= 0.6 is 11.8 Å². The highest BCUT2D eigenvalue weighted by molar-refractivity contribution is 8.02. The van der Waals surface area contributed by atoms with Gasteiger partial charge in [0.25, 0.3) is 5.91 Å². The van der Waals surface area contributed by atoms with Crippen LogP contribution in [0.5, 0.6) is 0 Å². The van der Waals surface area contributed by atoms with Crippen LogP contribution in [0.2, 0.25) is 0 Å². The summed E-state index contributed by atoms with van der Waals surface area (Å²) < 4.78 is 28.8. The summed E-state index contributed by atoms with van der Waals surface area (Å²) in [6.45, 7) is 1.51. The maximum absolute atomic E-state index is 12.7. The monoisotopic (exact) mass is 462 g/mol. The number of hydrogen-bond donors (Lipinski definition) is 1. The van der Waals surface area contributed by atoms with Crippen molar-refractivity contribution in [2.45, 2.75) is 29.6 Å². The molecule has 1 aliphatic heterocycles. The van der Waals surface area contributed by atoms with Crippen molar-refractivity contribution < 1.29 is 22.7 Å². The van der Waals surface area contributed by atoms with Crippen LogP contribution in [-0.4, -0.2) is 57.2 Å². The van der Waals surface area contributed by atoms with Crippen LogP contribution in [0.4, 0.5) is 11.4 Å². The van der Waals surface area contributed by atoms with Gasteiger partial charge in [-0.2, -0.15) is 0 Å². The lowest BCUT2D eigenvalue weighted by atomic mass is 10.2. The van der Waals surface area contributed by atoms with Gasteiger partial charge < -0.3 is 15.0 Å². The van der Waals surface area contributed by atoms with Gasteiger partial charge in [0, 0.05) is 35.6 Å². The van der Waals surface area contributed by atoms with Crippen molar-refractivity contribution in [2.75, 3.05) is 35.8 Å². The molecule has 0 aliphatic carbocycles. The molecule has 7 nitrogen and oxygen atoms in total. The van der Waals surface area contributed by atoms with Crippen LogP contribution in [-0.2, 0) is 19.4 Å². The quantitative estimate of drug-likeness (QED) is 0.632. The minimum absolute atomic E-state index is 0.0928. The molecule has 31 heavy (non-hydrogen) atoms. The van der Waals surface area contributed by atoms with E-state index in [2.05, 4.69) is 5.32 Å². The summed E-state index contributed by atoms with van der Waals surface area (Å²) in [6, 6.07) is 14.2. The number of anilines is 2. The number of nitrogens with zero attached hydrogens (tertiary/aromatic N) is 1. The number of nitrogens with one attached hydrogen (secondary N) is 1. The molecular formula is C22H26N2O5S2. The van der Waals surface area contributed by atoms with Crippen LogP contribution in [0, 0.1) is 0 Å². The fraction of sp³-hybridized carbons (Fsp3) is 0.364. The van der Waals surface area contributed by atoms with E-state index >= 15 is 0 Å². The predicted octanol–water partition coefficient (Wildman–Crippen LogP) is 3.22. The number of benzene rings is 2. The lowest BCUT2D eigenvalue weighted by Crippen LogP contribution is -2.30. The number of carbonyl (C=O) groups is 2. The normalized spacial score (nSPS) is 18.2. The fourth-order valence-electron chi connectivity index (χ4n) is 3.14. The summed E-state index contributed by atoms with van der Waals surface area (Å²) in [5.74, 6) is -0.774. The van der Waals surface area contributed by atoms with Crippen molar-refractivity contribution in [3.63, 3.8) is 0 Å². The third kappa shape index (κ3) is 6.24. The van der Waals surface area contributed by atoms with Crippen LogP contribution in [0.3, 0.4) is 0 Å². The topological polar surface area (TPSA) is 92.8 Å². The van der Waals surface area contributed by atoms with Crippen molar-refractivity contribution in [2.24, 2.45) is 0 Å². The molecular weight excluding hydrogens is 436 g/mol. The van der Waals surface area contributed by atoms with Crippen molar-refractivity contribution in [1.82, 2.24) is 0 Å². The van der Waals surface area contributed by atoms with Gasteiger partial charge in [0.05, 0.1) is 17.1 Å². The summed E-state index contributed by atoms with van der Waals surface area (Å²) in [4.78, 5) is 27.8. The Bertz CT molecular complexity index is 1050. The van der Waals surface area contributed by atoms with Gasteiger partial charge in [-0.3, -0.25) is 4.79 Å². The minimum Gasteiger partial charge on any atom is -0.449 e. The van der Waals surface area contributed by atoms with Gasteiger partial charge in [-0.25, -0.2) is 13.2 Å². The number of thioether (sulfide) groups is 1. The zero-order valence-corrected chi connectivity index (χ0v) is 19.3. The van der Waals surface area contributed by atoms with Gasteiger partial charge in [-0.1, -0.05) is 12.1 Å². The second kappa shape index (κ2) is 9.74. The summed E-state index contributed by atoms with van der Waals surface area (Å²) in [5, 5.41) is 2.65. The molecule has 0 saturated carbocycles. The van der Waals surface area contributed by atoms with E-state index < -0.39 is 27.8 Å². The van der Waals surface area contributed by atoms with Crippen LogP contribution < -0.4 is 10.2 Å². The largest absolute Gasteiger partial charge is 0.449 e. The molecule has 9 heteroatoms. The van der Waals surface area contributed by atoms with E-state index in [1.807, 2.05) is 31.1 Å². The first-order valence-electron chi connectivity index (χ1n) is 9.90. The number of ether oxygens (including phenoxy) is 1. The first kappa shape index (κ1) is 23.1. The molecule has 2 atom stereocenters. The molecule has 0 bridgehead atoms. The van der Waals surface area contributed by atoms with E-state index in [1.54, 1.807) is 36.4 Å². The molecule has 0 aromatic heterocycles. The number of carbonyl (C=O) groups excluding carboxylic acids is 2. The average molecular weight is 463 g/mol. The molecule has 1 saturated heterocycles. The standard InChI is InChI=1S/C22H26N2O5S2/c1-15(21(25)23-16-8-10-17(11-9-16)24(2)3)29-22(26)19-6-4-5-7-20(19)30-18-12-13-31(27,28)14-18/h4-11,15,18H,12-14H2,1-3H3,(H,23,25). The highest BCUT2D eigenvalue weighted by atomic mass is 32.2. The van der Waals surface area contributed by atoms with Gasteiger partial charge in [0.2, 0.25) is 0 Å². The van der Waals surface area contributed by atoms with Gasteiger partial charge in [0.15, 0.2) is 15.9 Å². The minimum atomic E-state index is -3.01. The molecule has 1 amide bonds. The highest BCUT2D eigenvalue weighted by Gasteiger charge is 2.30. The Morgan fingerprint density at radius 1 is 1.13 bits per heavy atom. The van der Waals surface area contributed by atoms with E-state index in [-0.39, 0.29) is 16.8 Å². The maximum Gasteiger partial charge on any atom is 0.340 e. The van der Waals surface area contributed by atoms with Crippen LogP contribution in [0.1, 0.15) is 23.7 Å². The first-order chi connectivity index (χ1) is 14.6. The highest BCUT2D eigenvalue weighted by Crippen LogP contribution is 2.33. The lowest BCUT2D eigenvalue weighted by Gasteiger charge is -2.17. The first-order valence-corrected chi connectivity index (χ1v) is 12.6. The Kier molecular flexibility index (Phi) is 7.27. The summed E-state index contributed by atoms with van der Waals surface area (Å²) in [6.07, 6.45) is -0.437. The third-order valence-electron chi connectivity index (χ3n) is 4.90. The number of hydrogen-bond acceptors (Lipinski definition) is 7. The number of amides is 1. The Balaban J connectivity index is 1.62. The molecule has 1 N–H and O–H groups in total. The second-order valence-corrected chi connectivity index (χ2v) is 11.2. The number of sulfone groups is 1. The van der Waals surface area contributed by atoms with Crippen molar-refractivity contribution in [3.8, 4) is 0 Å². The maximum atomic E-state index is 12.7. The van der Waals surface area contributed by atoms with Crippen molar-refractivity contribution >= 4 is 44.9 Å². The molecule has 0 spiro atoms. The Morgan fingerprint density at radius 3 is 2.42 bits per heavy atom. The van der Waals surface area contributed by atoms with Crippen molar-refractivity contribution in [3.05, 3.63) is 54.1 Å². The Hall–Kier alpha value is -2.52. The molecule has 166 valence electrons. The number of esters is 1. The van der Waals surface area contributed by atoms with Crippen LogP contribution in [0.25, 0.3) is 0 Å². The number of rotatable bonds is 7. The summed E-state index contributed by atoms with van der Waals surface area (Å²) >= 11 is 1.37. The molecule has 2 unspecified atom stereocenters. The van der Waals surface area contributed by atoms with E-state index in [9.17, 15) is 18.0 Å². The van der Waals surface area contributed by atoms with E-state index in [1.165, 1.54) is 18.7 Å². The van der Waals surface area contributed by atoms with Gasteiger partial charge in [0.1, 0.15) is 0 Å². The lowest BCUT2D eigenvalue weighted by molar-refractivity contribution is -0.123. The molecule has 0 radical (unpaired) electrons. The molecule has 1 fully saturated rings. The van der Waals surface area contributed by atoms with Gasteiger partial charge in [-0.05, 0) is 49.7 Å². The zero-order chi connectivity index (χ0) is 22.6. The van der Waals surface area contributed by atoms with Crippen molar-refractivity contribution in [1.29, 1.82) is 0 Å². The molecule has 2 aromatic rings. The summed E-state index contributed by atoms with van der Waals surface area (Å²) in [7, 11) is 0.846. The molecule has 1 aliphatic rings. The van der Waals surface area contributed by atoms with Gasteiger partial charge >= 0.3 is 5.97 Å². The third-order valence-corrected chi connectivity index (χ3v) is 8.22. The molecule has 1 heterocycles. The second-order valence-electron chi connectivity index (χ2n) is 7.62. The molecule has 3 rings (SSSR count). The average Bonchev–Trinajstić information content (AvgIpc) is 3.06. The van der Waals surface area contributed by atoms with E-state index in [0.717, 1.165) is 5.69 Å². The Morgan fingerprint density at radius 2 is 1.81 bits per heavy atom.